The monoisotopic (exact) mass is 606 g/mol. The molecule has 2 aromatic rings. The van der Waals surface area contributed by atoms with Gasteiger partial charge >= 0.3 is 0 Å². The van der Waals surface area contributed by atoms with Crippen molar-refractivity contribution in [3.05, 3.63) is 57.6 Å². The maximum absolute atomic E-state index is 11.2. The van der Waals surface area contributed by atoms with Gasteiger partial charge in [-0.25, -0.2) is 4.99 Å². The number of nitrogens with zero attached hydrogens (tertiary/aromatic N) is 1. The number of phenols is 2. The number of benzene rings is 2. The summed E-state index contributed by atoms with van der Waals surface area (Å²) in [5.41, 5.74) is 5.56. The Labute approximate surface area is 260 Å². The molecule has 2 aromatic carbocycles. The first kappa shape index (κ1) is 35.1. The standard InChI is InChI=1S/C36H54N2O2.Co/c1-33(2,3)25-17-23(31(39)27(19-25)35(7,8)9)21-37-29-15-13-14-16-30(29)38-22-24-18-26(34(4,5)6)20-28(32(24)40)36(10,11)12;/h17-22,29-30,39-40H,13-16H2,1-12H3;/p+1/t29-,30-;/m1./s1. The summed E-state index contributed by atoms with van der Waals surface area (Å²) in [6.45, 7) is 26.1. The van der Waals surface area contributed by atoms with E-state index in [2.05, 4.69) is 112 Å². The number of aromatic hydroxyl groups is 2. The van der Waals surface area contributed by atoms with Gasteiger partial charge in [0.15, 0.2) is 12.3 Å². The largest absolute Gasteiger partial charge is 0.507 e. The molecular formula is C36H55CoN2O2+. The Morgan fingerprint density at radius 1 is 0.659 bits per heavy atom. The Balaban J connectivity index is 0.00000588. The fraction of sp³-hybridized carbons (Fsp3) is 0.611. The van der Waals surface area contributed by atoms with Crippen molar-refractivity contribution in [3.8, 4) is 11.5 Å². The number of phenolic OH excluding ortho intramolecular Hbond substituents is 2. The number of aliphatic imine (C=N–C) groups is 1. The zero-order valence-corrected chi connectivity index (χ0v) is 28.7. The fourth-order valence-electron chi connectivity index (χ4n) is 5.39. The summed E-state index contributed by atoms with van der Waals surface area (Å²) in [5, 5.41) is 22.5. The molecule has 0 aromatic heterocycles. The maximum Gasteiger partial charge on any atom is 0.173 e. The Morgan fingerprint density at radius 2 is 1.10 bits per heavy atom. The molecule has 0 aliphatic heterocycles. The van der Waals surface area contributed by atoms with Crippen LogP contribution in [0.5, 0.6) is 11.5 Å². The van der Waals surface area contributed by atoms with E-state index in [1.54, 1.807) is 0 Å². The Bertz CT molecular complexity index is 1170. The first-order chi connectivity index (χ1) is 18.2. The normalized spacial score (nSPS) is 19.1. The van der Waals surface area contributed by atoms with E-state index in [-0.39, 0.29) is 50.5 Å². The molecule has 1 aliphatic rings. The molecule has 5 heteroatoms. The van der Waals surface area contributed by atoms with Crippen molar-refractivity contribution in [2.75, 3.05) is 0 Å². The SMILES string of the molecule is CC(C)(C)c1cc(C=N[C@@H]2CCCC[C@H]2[NH+]=Cc2cc(C(C)(C)C)cc(C(C)(C)C)c2O)c(O)c(C(C)(C)C)c1.[Co]. The van der Waals surface area contributed by atoms with E-state index in [1.165, 1.54) is 11.1 Å². The van der Waals surface area contributed by atoms with E-state index in [1.807, 2.05) is 12.4 Å². The van der Waals surface area contributed by atoms with Gasteiger partial charge in [-0.3, -0.25) is 4.99 Å². The molecule has 229 valence electrons. The average molecular weight is 607 g/mol. The van der Waals surface area contributed by atoms with E-state index >= 15 is 0 Å². The van der Waals surface area contributed by atoms with E-state index < -0.39 is 0 Å². The minimum atomic E-state index is -0.173. The van der Waals surface area contributed by atoms with Crippen LogP contribution >= 0.6 is 0 Å². The summed E-state index contributed by atoms with van der Waals surface area (Å²) >= 11 is 0. The molecule has 3 N–H and O–H groups in total. The van der Waals surface area contributed by atoms with Gasteiger partial charge in [0.05, 0.1) is 5.56 Å². The van der Waals surface area contributed by atoms with Crippen LogP contribution in [0.3, 0.4) is 0 Å². The average Bonchev–Trinajstić information content (AvgIpc) is 2.80. The van der Waals surface area contributed by atoms with Crippen LogP contribution < -0.4 is 4.99 Å². The molecule has 41 heavy (non-hydrogen) atoms. The first-order valence-corrected chi connectivity index (χ1v) is 15.1. The summed E-state index contributed by atoms with van der Waals surface area (Å²) in [5.74, 6) is 0.678. The van der Waals surface area contributed by atoms with Crippen molar-refractivity contribution < 1.29 is 32.0 Å². The maximum atomic E-state index is 11.2. The predicted molar refractivity (Wildman–Crippen MR) is 171 cm³/mol. The van der Waals surface area contributed by atoms with Crippen LogP contribution in [0.1, 0.15) is 142 Å². The summed E-state index contributed by atoms with van der Waals surface area (Å²) < 4.78 is 0. The van der Waals surface area contributed by atoms with Crippen LogP contribution in [0.15, 0.2) is 29.3 Å². The van der Waals surface area contributed by atoms with E-state index in [9.17, 15) is 10.2 Å². The van der Waals surface area contributed by atoms with Crippen molar-refractivity contribution >= 4 is 12.4 Å². The summed E-state index contributed by atoms with van der Waals surface area (Å²) in [6, 6.07) is 8.77. The summed E-state index contributed by atoms with van der Waals surface area (Å²) in [7, 11) is 0. The molecule has 0 spiro atoms. The van der Waals surface area contributed by atoms with Crippen LogP contribution in [-0.4, -0.2) is 34.7 Å². The first-order valence-electron chi connectivity index (χ1n) is 15.1. The molecule has 0 saturated heterocycles. The second-order valence-corrected chi connectivity index (χ2v) is 16.0. The Kier molecular flexibility index (Phi) is 10.8. The third-order valence-electron chi connectivity index (χ3n) is 8.21. The van der Waals surface area contributed by atoms with Gasteiger partial charge in [0.2, 0.25) is 0 Å². The van der Waals surface area contributed by atoms with Gasteiger partial charge in [0, 0.05) is 46.1 Å². The van der Waals surface area contributed by atoms with Gasteiger partial charge in [0.25, 0.3) is 0 Å². The second kappa shape index (κ2) is 12.6. The minimum absolute atomic E-state index is 0. The number of rotatable bonds is 4. The van der Waals surface area contributed by atoms with Gasteiger partial charge in [-0.1, -0.05) is 102 Å². The zero-order chi connectivity index (χ0) is 30.3. The minimum Gasteiger partial charge on any atom is -0.507 e. The van der Waals surface area contributed by atoms with E-state index in [0.717, 1.165) is 47.9 Å². The number of hydrogen-bond acceptors (Lipinski definition) is 3. The van der Waals surface area contributed by atoms with Crippen molar-refractivity contribution in [1.29, 1.82) is 0 Å². The molecule has 0 amide bonds. The fourth-order valence-corrected chi connectivity index (χ4v) is 5.39. The number of nitrogens with one attached hydrogen (secondary N) is 1. The van der Waals surface area contributed by atoms with Crippen LogP contribution in [-0.2, 0) is 38.4 Å². The Hall–Kier alpha value is -2.11. The van der Waals surface area contributed by atoms with Gasteiger partial charge < -0.3 is 10.2 Å². The van der Waals surface area contributed by atoms with Crippen LogP contribution in [0, 0.1) is 0 Å². The third kappa shape index (κ3) is 8.70. The molecule has 3 rings (SSSR count). The van der Waals surface area contributed by atoms with Crippen LogP contribution in [0.2, 0.25) is 0 Å². The molecule has 1 fully saturated rings. The van der Waals surface area contributed by atoms with Crippen molar-refractivity contribution in [3.63, 3.8) is 0 Å². The molecule has 2 atom stereocenters. The zero-order valence-electron chi connectivity index (χ0n) is 27.6. The quantitative estimate of drug-likeness (QED) is 0.322. The van der Waals surface area contributed by atoms with Crippen molar-refractivity contribution in [2.24, 2.45) is 4.99 Å². The smallest absolute Gasteiger partial charge is 0.173 e. The topological polar surface area (TPSA) is 66.8 Å². The molecule has 0 bridgehead atoms. The second-order valence-electron chi connectivity index (χ2n) is 16.0. The van der Waals surface area contributed by atoms with Gasteiger partial charge in [-0.2, -0.15) is 0 Å². The summed E-state index contributed by atoms with van der Waals surface area (Å²) in [6.07, 6.45) is 8.19. The molecule has 1 radical (unpaired) electrons. The molecular weight excluding hydrogens is 551 g/mol. The molecule has 1 saturated carbocycles. The van der Waals surface area contributed by atoms with Gasteiger partial charge in [-0.15, -0.1) is 0 Å². The van der Waals surface area contributed by atoms with Crippen LogP contribution in [0.25, 0.3) is 0 Å². The molecule has 0 unspecified atom stereocenters. The van der Waals surface area contributed by atoms with Crippen LogP contribution in [0.4, 0.5) is 0 Å². The Morgan fingerprint density at radius 3 is 1.56 bits per heavy atom. The molecule has 4 nitrogen and oxygen atoms in total. The molecule has 1 aliphatic carbocycles. The third-order valence-corrected chi connectivity index (χ3v) is 8.21. The molecule has 0 heterocycles. The van der Waals surface area contributed by atoms with E-state index in [0.29, 0.717) is 11.5 Å². The number of hydrogen-bond donors (Lipinski definition) is 3. The van der Waals surface area contributed by atoms with Crippen molar-refractivity contribution in [2.45, 2.75) is 143 Å². The van der Waals surface area contributed by atoms with Crippen molar-refractivity contribution in [1.82, 2.24) is 0 Å². The van der Waals surface area contributed by atoms with Gasteiger partial charge in [0.1, 0.15) is 17.5 Å². The summed E-state index contributed by atoms with van der Waals surface area (Å²) in [4.78, 5) is 8.71. The predicted octanol–water partition coefficient (Wildman–Crippen LogP) is 7.22. The van der Waals surface area contributed by atoms with E-state index in [4.69, 9.17) is 4.99 Å². The van der Waals surface area contributed by atoms with Gasteiger partial charge in [-0.05, 0) is 57.8 Å².